The maximum Gasteiger partial charge on any atom is 0.119 e. The summed E-state index contributed by atoms with van der Waals surface area (Å²) in [5.41, 5.74) is 3.51. The van der Waals surface area contributed by atoms with Crippen LogP contribution in [-0.4, -0.2) is 38.2 Å². The molecule has 0 saturated carbocycles. The second-order valence-electron chi connectivity index (χ2n) is 6.70. The molecular formula is C18H28N2O. The van der Waals surface area contributed by atoms with Crippen molar-refractivity contribution in [2.45, 2.75) is 39.2 Å². The lowest BCUT2D eigenvalue weighted by Gasteiger charge is -2.34. The summed E-state index contributed by atoms with van der Waals surface area (Å²) in [6.45, 7) is 8.28. The Morgan fingerprint density at radius 2 is 2.00 bits per heavy atom. The molecule has 1 aromatic rings. The smallest absolute Gasteiger partial charge is 0.119 e. The van der Waals surface area contributed by atoms with Gasteiger partial charge in [0.05, 0.1) is 7.11 Å². The molecule has 0 radical (unpaired) electrons. The van der Waals surface area contributed by atoms with Gasteiger partial charge in [0.25, 0.3) is 0 Å². The zero-order valence-corrected chi connectivity index (χ0v) is 13.5. The van der Waals surface area contributed by atoms with E-state index in [1.165, 1.54) is 56.6 Å². The van der Waals surface area contributed by atoms with E-state index in [2.05, 4.69) is 35.3 Å². The summed E-state index contributed by atoms with van der Waals surface area (Å²) in [6.07, 6.45) is 5.17. The summed E-state index contributed by atoms with van der Waals surface area (Å²) < 4.78 is 5.35. The molecule has 0 aliphatic carbocycles. The zero-order valence-electron chi connectivity index (χ0n) is 13.5. The Labute approximate surface area is 128 Å². The largest absolute Gasteiger partial charge is 0.497 e. The van der Waals surface area contributed by atoms with Crippen molar-refractivity contribution in [1.29, 1.82) is 0 Å². The van der Waals surface area contributed by atoms with Gasteiger partial charge in [0.15, 0.2) is 0 Å². The molecule has 0 bridgehead atoms. The molecule has 3 nitrogen and oxygen atoms in total. The fourth-order valence-corrected chi connectivity index (χ4v) is 3.98. The number of piperidine rings is 1. The van der Waals surface area contributed by atoms with E-state index < -0.39 is 0 Å². The van der Waals surface area contributed by atoms with Gasteiger partial charge in [0.2, 0.25) is 0 Å². The molecule has 3 rings (SSSR count). The van der Waals surface area contributed by atoms with E-state index in [4.69, 9.17) is 4.74 Å². The topological polar surface area (TPSA) is 24.5 Å². The van der Waals surface area contributed by atoms with Gasteiger partial charge in [-0.2, -0.15) is 0 Å². The maximum absolute atomic E-state index is 5.35. The number of hydrogen-bond acceptors (Lipinski definition) is 3. The van der Waals surface area contributed by atoms with E-state index >= 15 is 0 Å². The van der Waals surface area contributed by atoms with Crippen LogP contribution >= 0.6 is 0 Å². The lowest BCUT2D eigenvalue weighted by Crippen LogP contribution is -2.38. The molecule has 0 atom stereocenters. The fourth-order valence-electron chi connectivity index (χ4n) is 3.98. The molecule has 2 saturated heterocycles. The third-order valence-corrected chi connectivity index (χ3v) is 5.37. The Kier molecular flexibility index (Phi) is 4.51. The predicted molar refractivity (Wildman–Crippen MR) is 86.8 cm³/mol. The summed E-state index contributed by atoms with van der Waals surface area (Å²) in [5.74, 6) is 0.979. The highest BCUT2D eigenvalue weighted by molar-refractivity contribution is 5.35. The van der Waals surface area contributed by atoms with Crippen molar-refractivity contribution in [2.75, 3.05) is 33.3 Å². The highest BCUT2D eigenvalue weighted by atomic mass is 16.5. The summed E-state index contributed by atoms with van der Waals surface area (Å²) in [7, 11) is 1.75. The van der Waals surface area contributed by atoms with Crippen molar-refractivity contribution in [1.82, 2.24) is 10.2 Å². The molecule has 116 valence electrons. The van der Waals surface area contributed by atoms with Gasteiger partial charge >= 0.3 is 0 Å². The molecule has 1 aromatic carbocycles. The van der Waals surface area contributed by atoms with Crippen molar-refractivity contribution in [2.24, 2.45) is 5.41 Å². The van der Waals surface area contributed by atoms with Gasteiger partial charge in [-0.25, -0.2) is 0 Å². The Morgan fingerprint density at radius 3 is 2.71 bits per heavy atom. The van der Waals surface area contributed by atoms with Crippen molar-refractivity contribution < 1.29 is 4.74 Å². The van der Waals surface area contributed by atoms with Crippen LogP contribution in [0.15, 0.2) is 18.2 Å². The van der Waals surface area contributed by atoms with Crippen LogP contribution in [0.2, 0.25) is 0 Å². The van der Waals surface area contributed by atoms with Gasteiger partial charge in [-0.3, -0.25) is 4.90 Å². The van der Waals surface area contributed by atoms with Crippen molar-refractivity contribution >= 4 is 0 Å². The average molecular weight is 288 g/mol. The summed E-state index contributed by atoms with van der Waals surface area (Å²) in [5, 5.41) is 3.50. The minimum absolute atomic E-state index is 0.601. The van der Waals surface area contributed by atoms with Crippen LogP contribution in [-0.2, 0) is 13.0 Å². The monoisotopic (exact) mass is 288 g/mol. The molecule has 1 N–H and O–H groups in total. The number of benzene rings is 1. The molecule has 0 unspecified atom stereocenters. The first kappa shape index (κ1) is 14.9. The number of likely N-dealkylation sites (tertiary alicyclic amines) is 1. The Hall–Kier alpha value is -1.06. The van der Waals surface area contributed by atoms with E-state index in [-0.39, 0.29) is 0 Å². The number of methoxy groups -OCH3 is 1. The van der Waals surface area contributed by atoms with Crippen molar-refractivity contribution in [3.63, 3.8) is 0 Å². The summed E-state index contributed by atoms with van der Waals surface area (Å²) in [6, 6.07) is 6.56. The zero-order chi connectivity index (χ0) is 14.7. The molecule has 3 heteroatoms. The minimum atomic E-state index is 0.601. The number of ether oxygens (including phenoxy) is 1. The van der Waals surface area contributed by atoms with Crippen LogP contribution in [0.4, 0.5) is 0 Å². The lowest BCUT2D eigenvalue weighted by atomic mass is 9.78. The molecule has 2 aliphatic heterocycles. The van der Waals surface area contributed by atoms with Crippen LogP contribution in [0.5, 0.6) is 5.75 Å². The minimum Gasteiger partial charge on any atom is -0.497 e. The molecule has 1 spiro atoms. The van der Waals surface area contributed by atoms with Crippen molar-refractivity contribution in [3.8, 4) is 5.75 Å². The third kappa shape index (κ3) is 3.24. The standard InChI is InChI=1S/C18H28N2O/c1-3-15-12-17(21-2)5-4-16(15)13-20-11-8-18(14-20)6-9-19-10-7-18/h4-5,12,19H,3,6-11,13-14H2,1-2H3. The van der Waals surface area contributed by atoms with E-state index in [1.54, 1.807) is 7.11 Å². The molecular weight excluding hydrogens is 260 g/mol. The van der Waals surface area contributed by atoms with Gasteiger partial charge in [-0.1, -0.05) is 13.0 Å². The maximum atomic E-state index is 5.35. The van der Waals surface area contributed by atoms with Crippen LogP contribution in [0, 0.1) is 5.41 Å². The Bertz CT molecular complexity index is 480. The molecule has 0 amide bonds. The van der Waals surface area contributed by atoms with Gasteiger partial charge in [-0.15, -0.1) is 0 Å². The normalized spacial score (nSPS) is 21.8. The highest BCUT2D eigenvalue weighted by Crippen LogP contribution is 2.39. The second kappa shape index (κ2) is 6.37. The van der Waals surface area contributed by atoms with Gasteiger partial charge in [-0.05, 0) is 74.0 Å². The average Bonchev–Trinajstić information content (AvgIpc) is 2.90. The fraction of sp³-hybridized carbons (Fsp3) is 0.667. The Morgan fingerprint density at radius 1 is 1.19 bits per heavy atom. The molecule has 21 heavy (non-hydrogen) atoms. The first-order valence-electron chi connectivity index (χ1n) is 8.33. The lowest BCUT2D eigenvalue weighted by molar-refractivity contribution is 0.194. The Balaban J connectivity index is 1.67. The molecule has 2 aliphatic rings. The first-order valence-corrected chi connectivity index (χ1v) is 8.33. The number of aryl methyl sites for hydroxylation is 1. The summed E-state index contributed by atoms with van der Waals surface area (Å²) in [4.78, 5) is 2.66. The molecule has 0 aromatic heterocycles. The number of nitrogens with one attached hydrogen (secondary N) is 1. The number of hydrogen-bond donors (Lipinski definition) is 1. The highest BCUT2D eigenvalue weighted by Gasteiger charge is 2.38. The van der Waals surface area contributed by atoms with Crippen LogP contribution in [0.3, 0.4) is 0 Å². The second-order valence-corrected chi connectivity index (χ2v) is 6.70. The van der Waals surface area contributed by atoms with Gasteiger partial charge in [0.1, 0.15) is 5.75 Å². The molecule has 2 heterocycles. The van der Waals surface area contributed by atoms with Gasteiger partial charge < -0.3 is 10.1 Å². The van der Waals surface area contributed by atoms with E-state index in [1.807, 2.05) is 0 Å². The van der Waals surface area contributed by atoms with E-state index in [9.17, 15) is 0 Å². The van der Waals surface area contributed by atoms with Crippen molar-refractivity contribution in [3.05, 3.63) is 29.3 Å². The van der Waals surface area contributed by atoms with E-state index in [0.29, 0.717) is 5.41 Å². The predicted octanol–water partition coefficient (Wildman–Crippen LogP) is 2.83. The number of nitrogens with zero attached hydrogens (tertiary/aromatic N) is 1. The number of rotatable bonds is 4. The van der Waals surface area contributed by atoms with Gasteiger partial charge in [0, 0.05) is 13.1 Å². The quantitative estimate of drug-likeness (QED) is 0.922. The van der Waals surface area contributed by atoms with E-state index in [0.717, 1.165) is 18.7 Å². The first-order chi connectivity index (χ1) is 10.2. The molecule has 2 fully saturated rings. The van der Waals surface area contributed by atoms with Crippen LogP contribution < -0.4 is 10.1 Å². The van der Waals surface area contributed by atoms with Crippen LogP contribution in [0.25, 0.3) is 0 Å². The summed E-state index contributed by atoms with van der Waals surface area (Å²) >= 11 is 0. The SMILES string of the molecule is CCc1cc(OC)ccc1CN1CCC2(CCNCC2)C1. The third-order valence-electron chi connectivity index (χ3n) is 5.37. The van der Waals surface area contributed by atoms with Crippen LogP contribution in [0.1, 0.15) is 37.3 Å².